The van der Waals surface area contributed by atoms with Crippen LogP contribution in [0.5, 0.6) is 0 Å². The van der Waals surface area contributed by atoms with Crippen molar-refractivity contribution in [3.63, 3.8) is 0 Å². The van der Waals surface area contributed by atoms with E-state index < -0.39 is 16.7 Å². The lowest BCUT2D eigenvalue weighted by atomic mass is 9.78. The molecule has 6 atom stereocenters. The number of amides is 2. The Balaban J connectivity index is 1.26. The standard InChI is InChI=1S/C27H34N6O2S/c1-2-33-26(35)20-16-22(24(20)36-27(33)21(17-29)23(27)25(34)30-11-10-28)31-19-8-6-7-18(15-19)9-14-32-12-4-3-5-13-32/h6-8,15,20-24,31H,2-5,9,11-14,16H2,1H3,(H,30,34). The zero-order valence-electron chi connectivity index (χ0n) is 20.8. The Labute approximate surface area is 217 Å². The summed E-state index contributed by atoms with van der Waals surface area (Å²) in [5.41, 5.74) is 2.37. The van der Waals surface area contributed by atoms with Gasteiger partial charge in [0.05, 0.1) is 29.9 Å². The lowest BCUT2D eigenvalue weighted by molar-refractivity contribution is -0.141. The molecule has 2 aliphatic carbocycles. The summed E-state index contributed by atoms with van der Waals surface area (Å²) in [5.74, 6) is -1.53. The summed E-state index contributed by atoms with van der Waals surface area (Å²) in [6.45, 7) is 5.75. The highest BCUT2D eigenvalue weighted by atomic mass is 32.2. The maximum atomic E-state index is 13.4. The molecule has 0 aromatic heterocycles. The van der Waals surface area contributed by atoms with Gasteiger partial charge in [-0.05, 0) is 63.4 Å². The van der Waals surface area contributed by atoms with E-state index in [0.717, 1.165) is 25.1 Å². The van der Waals surface area contributed by atoms with Crippen molar-refractivity contribution in [2.45, 2.75) is 55.2 Å². The van der Waals surface area contributed by atoms with E-state index in [4.69, 9.17) is 5.26 Å². The number of nitriles is 2. The number of rotatable bonds is 8. The Bertz CT molecular complexity index is 1090. The van der Waals surface area contributed by atoms with Gasteiger partial charge in [0.2, 0.25) is 11.8 Å². The highest BCUT2D eigenvalue weighted by molar-refractivity contribution is 8.01. The zero-order chi connectivity index (χ0) is 25.3. The lowest BCUT2D eigenvalue weighted by Gasteiger charge is -2.53. The Hall–Kier alpha value is -2.75. The summed E-state index contributed by atoms with van der Waals surface area (Å²) in [5, 5.41) is 25.0. The van der Waals surface area contributed by atoms with E-state index in [-0.39, 0.29) is 35.6 Å². The summed E-state index contributed by atoms with van der Waals surface area (Å²) < 4.78 is 0. The van der Waals surface area contributed by atoms with Gasteiger partial charge in [-0.1, -0.05) is 18.6 Å². The summed E-state index contributed by atoms with van der Waals surface area (Å²) >= 11 is 1.62. The number of likely N-dealkylation sites (tertiary alicyclic amines) is 1. The SMILES string of the molecule is CCN1C(=O)C2CC(Nc3cccc(CCN4CCCCC4)c3)C2SC12C(C#N)C2C(=O)NCC#N. The summed E-state index contributed by atoms with van der Waals surface area (Å²) in [6.07, 6.45) is 5.72. The number of anilines is 1. The van der Waals surface area contributed by atoms with E-state index >= 15 is 0 Å². The van der Waals surface area contributed by atoms with Crippen molar-refractivity contribution in [1.82, 2.24) is 15.1 Å². The number of carbonyl (C=O) groups is 2. The van der Waals surface area contributed by atoms with Crippen molar-refractivity contribution in [1.29, 1.82) is 10.5 Å². The molecule has 4 fully saturated rings. The first-order valence-corrected chi connectivity index (χ1v) is 14.0. The smallest absolute Gasteiger partial charge is 0.228 e. The van der Waals surface area contributed by atoms with Crippen molar-refractivity contribution in [2.75, 3.05) is 38.0 Å². The quantitative estimate of drug-likeness (QED) is 0.521. The van der Waals surface area contributed by atoms with Crippen LogP contribution in [-0.2, 0) is 16.0 Å². The highest BCUT2D eigenvalue weighted by Crippen LogP contribution is 2.68. The molecule has 190 valence electrons. The van der Waals surface area contributed by atoms with Gasteiger partial charge in [0, 0.05) is 30.1 Å². The predicted octanol–water partition coefficient (Wildman–Crippen LogP) is 2.58. The minimum Gasteiger partial charge on any atom is -0.381 e. The number of nitrogens with zero attached hydrogens (tertiary/aromatic N) is 4. The molecule has 2 amide bonds. The van der Waals surface area contributed by atoms with E-state index in [2.05, 4.69) is 45.9 Å². The number of fused-ring (bicyclic) bond motifs is 1. The van der Waals surface area contributed by atoms with E-state index in [1.54, 1.807) is 16.7 Å². The van der Waals surface area contributed by atoms with Crippen LogP contribution in [0.3, 0.4) is 0 Å². The molecule has 0 bridgehead atoms. The first-order valence-electron chi connectivity index (χ1n) is 13.1. The van der Waals surface area contributed by atoms with Crippen LogP contribution in [-0.4, -0.2) is 70.5 Å². The van der Waals surface area contributed by atoms with Crippen molar-refractivity contribution < 1.29 is 9.59 Å². The maximum Gasteiger partial charge on any atom is 0.228 e. The molecule has 2 aliphatic heterocycles. The summed E-state index contributed by atoms with van der Waals surface area (Å²) in [4.78, 5) is 29.6. The monoisotopic (exact) mass is 506 g/mol. The Morgan fingerprint density at radius 3 is 2.78 bits per heavy atom. The van der Waals surface area contributed by atoms with E-state index in [0.29, 0.717) is 6.54 Å². The first kappa shape index (κ1) is 24.9. The van der Waals surface area contributed by atoms with E-state index in [1.165, 1.54) is 37.9 Å². The molecule has 4 aliphatic rings. The number of hydrogen-bond donors (Lipinski definition) is 2. The van der Waals surface area contributed by atoms with Gasteiger partial charge >= 0.3 is 0 Å². The Morgan fingerprint density at radius 2 is 2.06 bits per heavy atom. The van der Waals surface area contributed by atoms with Gasteiger partial charge in [0.25, 0.3) is 0 Å². The van der Waals surface area contributed by atoms with Crippen molar-refractivity contribution in [2.24, 2.45) is 17.8 Å². The molecule has 8 nitrogen and oxygen atoms in total. The second-order valence-electron chi connectivity index (χ2n) is 10.3. The van der Waals surface area contributed by atoms with E-state index in [1.807, 2.05) is 13.0 Å². The van der Waals surface area contributed by atoms with Gasteiger partial charge in [-0.3, -0.25) is 9.59 Å². The number of thioether (sulfide) groups is 1. The minimum absolute atomic E-state index is 0.0157. The maximum absolute atomic E-state index is 13.4. The van der Waals surface area contributed by atoms with Crippen LogP contribution >= 0.6 is 11.8 Å². The molecular weight excluding hydrogens is 472 g/mol. The predicted molar refractivity (Wildman–Crippen MR) is 139 cm³/mol. The number of hydrogen-bond acceptors (Lipinski definition) is 7. The summed E-state index contributed by atoms with van der Waals surface area (Å²) in [7, 11) is 0. The molecular formula is C27H34N6O2S. The highest BCUT2D eigenvalue weighted by Gasteiger charge is 2.77. The minimum atomic E-state index is -0.835. The fraction of sp³-hybridized carbons (Fsp3) is 0.630. The molecule has 2 saturated carbocycles. The third kappa shape index (κ3) is 4.33. The molecule has 6 unspecified atom stereocenters. The molecule has 2 saturated heterocycles. The van der Waals surface area contributed by atoms with Gasteiger partial charge in [0.1, 0.15) is 11.4 Å². The second kappa shape index (κ2) is 10.3. The summed E-state index contributed by atoms with van der Waals surface area (Å²) in [6, 6.07) is 12.9. The molecule has 9 heteroatoms. The van der Waals surface area contributed by atoms with E-state index in [9.17, 15) is 14.9 Å². The van der Waals surface area contributed by atoms with Crippen LogP contribution in [0.4, 0.5) is 5.69 Å². The van der Waals surface area contributed by atoms with Gasteiger partial charge < -0.3 is 20.4 Å². The fourth-order valence-electron chi connectivity index (χ4n) is 6.31. The molecule has 2 N–H and O–H groups in total. The van der Waals surface area contributed by atoms with Crippen LogP contribution in [0.1, 0.15) is 38.2 Å². The number of carbonyl (C=O) groups excluding carboxylic acids is 2. The van der Waals surface area contributed by atoms with Crippen LogP contribution in [0.25, 0.3) is 0 Å². The molecule has 1 aromatic rings. The zero-order valence-corrected chi connectivity index (χ0v) is 21.6. The largest absolute Gasteiger partial charge is 0.381 e. The number of benzene rings is 1. The molecule has 1 aromatic carbocycles. The van der Waals surface area contributed by atoms with Crippen LogP contribution in [0.2, 0.25) is 0 Å². The number of piperidine rings is 1. The first-order chi connectivity index (χ1) is 17.5. The molecule has 1 spiro atoms. The van der Waals surface area contributed by atoms with Crippen molar-refractivity contribution >= 4 is 29.3 Å². The van der Waals surface area contributed by atoms with Crippen LogP contribution in [0.15, 0.2) is 24.3 Å². The fourth-order valence-corrected chi connectivity index (χ4v) is 8.48. The van der Waals surface area contributed by atoms with Gasteiger partial charge in [-0.25, -0.2) is 0 Å². The Morgan fingerprint density at radius 1 is 1.25 bits per heavy atom. The third-order valence-corrected chi connectivity index (χ3v) is 10.3. The Kier molecular flexibility index (Phi) is 7.14. The molecule has 36 heavy (non-hydrogen) atoms. The normalized spacial score (nSPS) is 33.1. The van der Waals surface area contributed by atoms with Crippen molar-refractivity contribution in [3.8, 4) is 12.1 Å². The molecule has 5 rings (SSSR count). The molecule has 2 heterocycles. The van der Waals surface area contributed by atoms with Crippen LogP contribution in [0, 0.1) is 40.4 Å². The molecule has 0 radical (unpaired) electrons. The van der Waals surface area contributed by atoms with Gasteiger partial charge in [0.15, 0.2) is 0 Å². The average molecular weight is 507 g/mol. The topological polar surface area (TPSA) is 112 Å². The second-order valence-corrected chi connectivity index (χ2v) is 11.8. The van der Waals surface area contributed by atoms with Gasteiger partial charge in [-0.15, -0.1) is 11.8 Å². The van der Waals surface area contributed by atoms with Crippen LogP contribution < -0.4 is 10.6 Å². The van der Waals surface area contributed by atoms with Gasteiger partial charge in [-0.2, -0.15) is 10.5 Å². The average Bonchev–Trinajstić information content (AvgIpc) is 3.54. The number of nitrogens with one attached hydrogen (secondary N) is 2. The third-order valence-electron chi connectivity index (χ3n) is 8.27. The van der Waals surface area contributed by atoms with Crippen molar-refractivity contribution in [3.05, 3.63) is 29.8 Å². The lowest BCUT2D eigenvalue weighted by Crippen LogP contribution is -2.64.